The number of carbonyl (C=O) groups is 1. The maximum absolute atomic E-state index is 11.2. The van der Waals surface area contributed by atoms with Crippen molar-refractivity contribution in [3.8, 4) is 11.5 Å². The Hall–Kier alpha value is -1.89. The summed E-state index contributed by atoms with van der Waals surface area (Å²) in [6, 6.07) is 4.82. The van der Waals surface area contributed by atoms with Crippen LogP contribution >= 0.6 is 11.8 Å². The van der Waals surface area contributed by atoms with E-state index in [0.717, 1.165) is 6.54 Å². The van der Waals surface area contributed by atoms with Gasteiger partial charge in [0.25, 0.3) is 0 Å². The number of methoxy groups -OCH3 is 1. The van der Waals surface area contributed by atoms with Gasteiger partial charge >= 0.3 is 0 Å². The first-order chi connectivity index (χ1) is 14.9. The molecule has 0 aliphatic carbocycles. The zero-order chi connectivity index (χ0) is 23.1. The molecule has 31 heavy (non-hydrogen) atoms. The normalized spacial score (nSPS) is 17.6. The fourth-order valence-electron chi connectivity index (χ4n) is 2.20. The molecule has 0 aromatic heterocycles. The van der Waals surface area contributed by atoms with Crippen LogP contribution in [0.5, 0.6) is 11.5 Å². The molecule has 176 valence electrons. The van der Waals surface area contributed by atoms with E-state index in [-0.39, 0.29) is 11.5 Å². The third-order valence-corrected chi connectivity index (χ3v) is 5.27. The van der Waals surface area contributed by atoms with Gasteiger partial charge in [-0.3, -0.25) is 4.99 Å². The number of benzene rings is 1. The van der Waals surface area contributed by atoms with Gasteiger partial charge in [-0.05, 0) is 19.1 Å². The van der Waals surface area contributed by atoms with Crippen LogP contribution in [-0.4, -0.2) is 87.3 Å². The minimum absolute atomic E-state index is 0.0196. The molecule has 0 spiro atoms. The molecule has 11 heteroatoms. The number of nitrogens with zero attached hydrogens (tertiary/aromatic N) is 1. The van der Waals surface area contributed by atoms with Crippen LogP contribution in [0.1, 0.15) is 12.5 Å². The topological polar surface area (TPSA) is 163 Å². The number of nitrogens with two attached hydrogens (primary N) is 1. The number of rotatable bonds is 13. The first-order valence-corrected chi connectivity index (χ1v) is 10.9. The maximum atomic E-state index is 11.2. The summed E-state index contributed by atoms with van der Waals surface area (Å²) in [5.41, 5.74) is 7.65. The van der Waals surface area contributed by atoms with Crippen molar-refractivity contribution >= 4 is 22.8 Å². The van der Waals surface area contributed by atoms with Gasteiger partial charge in [0.15, 0.2) is 0 Å². The number of carboxylic acid groups (broad SMARTS) is 1. The van der Waals surface area contributed by atoms with Gasteiger partial charge in [-0.2, -0.15) is 0 Å². The number of aliphatic imine (C=N–C) groups is 1. The zero-order valence-corrected chi connectivity index (χ0v) is 18.9. The molecular formula is C20H33N3O7S. The molecule has 1 aromatic carbocycles. The molecule has 6 N–H and O–H groups in total. The van der Waals surface area contributed by atoms with Crippen molar-refractivity contribution in [3.05, 3.63) is 23.8 Å². The van der Waals surface area contributed by atoms with Gasteiger partial charge in [0.1, 0.15) is 28.7 Å². The van der Waals surface area contributed by atoms with Crippen molar-refractivity contribution in [2.24, 2.45) is 10.7 Å². The lowest BCUT2D eigenvalue weighted by atomic mass is 10.1. The molecule has 0 saturated carbocycles. The highest BCUT2D eigenvalue weighted by Crippen LogP contribution is 2.35. The summed E-state index contributed by atoms with van der Waals surface area (Å²) in [5, 5.41) is 21.8. The number of aliphatic carboxylic acids is 1. The SMILES string of the molecule is COCCOCCOCCOc1ccc(C2=N[C@@](C)(C(=O)[O-])CS2)c(O)c1.NCC[NH3+]. The van der Waals surface area contributed by atoms with Gasteiger partial charge in [-0.1, -0.05) is 0 Å². The van der Waals surface area contributed by atoms with E-state index >= 15 is 0 Å². The Labute approximate surface area is 186 Å². The smallest absolute Gasteiger partial charge is 0.129 e. The zero-order valence-electron chi connectivity index (χ0n) is 18.1. The summed E-state index contributed by atoms with van der Waals surface area (Å²) in [5.74, 6) is -0.487. The fourth-order valence-corrected chi connectivity index (χ4v) is 3.40. The summed E-state index contributed by atoms with van der Waals surface area (Å²) in [6.45, 7) is 5.82. The van der Waals surface area contributed by atoms with Gasteiger partial charge in [-0.25, -0.2) is 0 Å². The first kappa shape index (κ1) is 27.1. The number of aromatic hydroxyl groups is 1. The summed E-state index contributed by atoms with van der Waals surface area (Å²) in [4.78, 5) is 15.3. The molecule has 10 nitrogen and oxygen atoms in total. The fraction of sp³-hybridized carbons (Fsp3) is 0.600. The molecule has 0 bridgehead atoms. The molecule has 1 atom stereocenters. The molecule has 0 fully saturated rings. The van der Waals surface area contributed by atoms with Gasteiger partial charge in [-0.15, -0.1) is 11.8 Å². The second kappa shape index (κ2) is 15.0. The summed E-state index contributed by atoms with van der Waals surface area (Å²) in [7, 11) is 1.62. The highest BCUT2D eigenvalue weighted by molar-refractivity contribution is 8.14. The number of carboxylic acids is 1. The summed E-state index contributed by atoms with van der Waals surface area (Å²) >= 11 is 1.27. The Kier molecular flexibility index (Phi) is 13.1. The molecule has 0 saturated heterocycles. The van der Waals surface area contributed by atoms with Crippen LogP contribution < -0.4 is 21.3 Å². The Balaban J connectivity index is 0.00000110. The van der Waals surface area contributed by atoms with Gasteiger partial charge in [0.2, 0.25) is 0 Å². The van der Waals surface area contributed by atoms with Gasteiger partial charge < -0.3 is 45.4 Å². The van der Waals surface area contributed by atoms with Crippen LogP contribution in [-0.2, 0) is 19.0 Å². The maximum Gasteiger partial charge on any atom is 0.129 e. The number of thioether (sulfide) groups is 1. The molecule has 0 amide bonds. The van der Waals surface area contributed by atoms with Crippen LogP contribution in [0.15, 0.2) is 23.2 Å². The largest absolute Gasteiger partial charge is 0.547 e. The van der Waals surface area contributed by atoms with Crippen LogP contribution in [0.3, 0.4) is 0 Å². The van der Waals surface area contributed by atoms with Crippen LogP contribution in [0.2, 0.25) is 0 Å². The third kappa shape index (κ3) is 9.85. The van der Waals surface area contributed by atoms with Gasteiger partial charge in [0.05, 0.1) is 45.5 Å². The number of phenols is 1. The number of carbonyl (C=O) groups excluding carboxylic acids is 1. The minimum atomic E-state index is -1.27. The molecule has 1 aromatic rings. The van der Waals surface area contributed by atoms with Crippen molar-refractivity contribution in [2.75, 3.05) is 65.6 Å². The standard InChI is InChI=1S/C18H25NO7S.C2H8N2/c1-18(17(21)22)12-27-16(19-18)14-4-3-13(11-15(14)20)26-10-9-25-8-7-24-6-5-23-2;3-1-2-4/h3-4,11,20H,5-10,12H2,1-2H3,(H,21,22);1-4H2/t18-;/m1./s1. The van der Waals surface area contributed by atoms with Crippen molar-refractivity contribution in [1.82, 2.24) is 0 Å². The lowest BCUT2D eigenvalue weighted by molar-refractivity contribution is -0.363. The number of quaternary nitrogens is 1. The van der Waals surface area contributed by atoms with E-state index in [2.05, 4.69) is 10.7 Å². The lowest BCUT2D eigenvalue weighted by Gasteiger charge is -2.19. The predicted molar refractivity (Wildman–Crippen MR) is 116 cm³/mol. The van der Waals surface area contributed by atoms with Crippen molar-refractivity contribution < 1.29 is 39.7 Å². The van der Waals surface area contributed by atoms with E-state index in [9.17, 15) is 15.0 Å². The van der Waals surface area contributed by atoms with E-state index in [4.69, 9.17) is 24.7 Å². The molecule has 0 radical (unpaired) electrons. The van der Waals surface area contributed by atoms with E-state index < -0.39 is 11.5 Å². The van der Waals surface area contributed by atoms with E-state index in [0.29, 0.717) is 62.5 Å². The highest BCUT2D eigenvalue weighted by atomic mass is 32.2. The second-order valence-electron chi connectivity index (χ2n) is 6.65. The monoisotopic (exact) mass is 459 g/mol. The molecule has 2 rings (SSSR count). The van der Waals surface area contributed by atoms with E-state index in [1.807, 2.05) is 0 Å². The Bertz CT molecular complexity index is 703. The predicted octanol–water partition coefficient (Wildman–Crippen LogP) is -1.36. The van der Waals surface area contributed by atoms with Crippen LogP contribution in [0.25, 0.3) is 0 Å². The third-order valence-electron chi connectivity index (χ3n) is 3.98. The number of phenolic OH excluding ortho intramolecular Hbond substituents is 1. The molecule has 1 aliphatic heterocycles. The average Bonchev–Trinajstić information content (AvgIpc) is 3.16. The Morgan fingerprint density at radius 2 is 1.87 bits per heavy atom. The Morgan fingerprint density at radius 1 is 1.26 bits per heavy atom. The highest BCUT2D eigenvalue weighted by Gasteiger charge is 2.33. The van der Waals surface area contributed by atoms with Crippen LogP contribution in [0.4, 0.5) is 0 Å². The number of hydrogen-bond acceptors (Lipinski definition) is 10. The van der Waals surface area contributed by atoms with Crippen molar-refractivity contribution in [3.63, 3.8) is 0 Å². The lowest BCUT2D eigenvalue weighted by Crippen LogP contribution is -2.53. The average molecular weight is 460 g/mol. The summed E-state index contributed by atoms with van der Waals surface area (Å²) < 4.78 is 21.0. The molecule has 1 heterocycles. The van der Waals surface area contributed by atoms with Crippen LogP contribution in [0, 0.1) is 0 Å². The molecular weight excluding hydrogens is 426 g/mol. The van der Waals surface area contributed by atoms with Gasteiger partial charge in [0, 0.05) is 31.0 Å². The number of ether oxygens (including phenoxy) is 4. The first-order valence-electron chi connectivity index (χ1n) is 9.92. The quantitative estimate of drug-likeness (QED) is 0.302. The minimum Gasteiger partial charge on any atom is -0.547 e. The van der Waals surface area contributed by atoms with Crippen molar-refractivity contribution in [2.45, 2.75) is 12.5 Å². The van der Waals surface area contributed by atoms with Crippen molar-refractivity contribution in [1.29, 1.82) is 0 Å². The molecule has 1 aliphatic rings. The number of hydrogen-bond donors (Lipinski definition) is 3. The Morgan fingerprint density at radius 3 is 2.39 bits per heavy atom. The van der Waals surface area contributed by atoms with E-state index in [1.54, 1.807) is 19.2 Å². The van der Waals surface area contributed by atoms with E-state index in [1.165, 1.54) is 24.8 Å². The summed E-state index contributed by atoms with van der Waals surface area (Å²) in [6.07, 6.45) is 0. The second-order valence-corrected chi connectivity index (χ2v) is 7.62. The molecule has 0 unspecified atom stereocenters.